The molecule has 1 N–H and O–H groups in total. The number of rotatable bonds is 4. The summed E-state index contributed by atoms with van der Waals surface area (Å²) in [7, 11) is 3.94. The van der Waals surface area contributed by atoms with Gasteiger partial charge in [0.2, 0.25) is 0 Å². The molecule has 0 spiro atoms. The van der Waals surface area contributed by atoms with E-state index >= 15 is 0 Å². The first-order chi connectivity index (χ1) is 17.0. The van der Waals surface area contributed by atoms with E-state index in [9.17, 15) is 9.90 Å². The first-order valence-corrected chi connectivity index (χ1v) is 11.3. The molecule has 4 aromatic carbocycles. The average Bonchev–Trinajstić information content (AvgIpc) is 3.41. The summed E-state index contributed by atoms with van der Waals surface area (Å²) in [4.78, 5) is 21.6. The highest BCUT2D eigenvalue weighted by molar-refractivity contribution is 6.02. The van der Waals surface area contributed by atoms with E-state index in [0.29, 0.717) is 11.3 Å². The van der Waals surface area contributed by atoms with Crippen molar-refractivity contribution in [2.45, 2.75) is 0 Å². The Morgan fingerprint density at radius 3 is 2.17 bits per heavy atom. The lowest BCUT2D eigenvalue weighted by atomic mass is 9.96. The normalized spacial score (nSPS) is 11.4. The number of carboxylic acids is 1. The van der Waals surface area contributed by atoms with E-state index in [1.165, 1.54) is 0 Å². The maximum atomic E-state index is 11.9. The fraction of sp³-hybridized carbons (Fsp3) is 0.0690. The van der Waals surface area contributed by atoms with Crippen molar-refractivity contribution < 1.29 is 9.90 Å². The molecule has 0 aliphatic heterocycles. The van der Waals surface area contributed by atoms with Crippen molar-refractivity contribution in [3.05, 3.63) is 96.6 Å². The molecule has 2 heterocycles. The minimum absolute atomic E-state index is 0.192. The van der Waals surface area contributed by atoms with Crippen LogP contribution in [0.4, 0.5) is 0 Å². The number of imidazole rings is 2. The Kier molecular flexibility index (Phi) is 4.74. The zero-order valence-electron chi connectivity index (χ0n) is 19.3. The van der Waals surface area contributed by atoms with Crippen molar-refractivity contribution in [3.8, 4) is 33.9 Å². The molecule has 6 heteroatoms. The minimum atomic E-state index is -0.989. The summed E-state index contributed by atoms with van der Waals surface area (Å²) in [6.07, 6.45) is 0. The quantitative estimate of drug-likeness (QED) is 0.343. The number of para-hydroxylation sites is 3. The van der Waals surface area contributed by atoms with Crippen LogP contribution in [0.25, 0.3) is 56.0 Å². The van der Waals surface area contributed by atoms with E-state index in [1.807, 2.05) is 61.1 Å². The maximum absolute atomic E-state index is 11.9. The monoisotopic (exact) mass is 458 g/mol. The number of fused-ring (bicyclic) bond motifs is 2. The SMILES string of the molecule is Cn1c(-c2ccc(-c3ccccc3)c(-c3nc4c(C(=O)O)cccc4n3C)c2)nc2ccccc21. The summed E-state index contributed by atoms with van der Waals surface area (Å²) < 4.78 is 4.05. The first-order valence-electron chi connectivity index (χ1n) is 11.3. The fourth-order valence-electron chi connectivity index (χ4n) is 4.77. The Hall–Kier alpha value is -4.71. The van der Waals surface area contributed by atoms with Gasteiger partial charge in [0.25, 0.3) is 0 Å². The van der Waals surface area contributed by atoms with Crippen LogP contribution in [0.15, 0.2) is 91.0 Å². The number of benzene rings is 4. The topological polar surface area (TPSA) is 72.9 Å². The van der Waals surface area contributed by atoms with Gasteiger partial charge in [-0.05, 0) is 41.5 Å². The molecule has 0 aliphatic carbocycles. The first kappa shape index (κ1) is 20.9. The fourth-order valence-corrected chi connectivity index (χ4v) is 4.77. The van der Waals surface area contributed by atoms with Crippen LogP contribution >= 0.6 is 0 Å². The van der Waals surface area contributed by atoms with Crippen LogP contribution in [-0.2, 0) is 14.1 Å². The predicted molar refractivity (Wildman–Crippen MR) is 138 cm³/mol. The van der Waals surface area contributed by atoms with E-state index < -0.39 is 5.97 Å². The van der Waals surface area contributed by atoms with E-state index in [-0.39, 0.29) is 5.56 Å². The molecule has 2 aromatic heterocycles. The van der Waals surface area contributed by atoms with Crippen molar-refractivity contribution >= 4 is 28.0 Å². The summed E-state index contributed by atoms with van der Waals surface area (Å²) in [5, 5.41) is 9.72. The highest BCUT2D eigenvalue weighted by atomic mass is 16.4. The van der Waals surface area contributed by atoms with Crippen LogP contribution in [0, 0.1) is 0 Å². The van der Waals surface area contributed by atoms with Crippen molar-refractivity contribution in [3.63, 3.8) is 0 Å². The summed E-state index contributed by atoms with van der Waals surface area (Å²) in [5.74, 6) is 0.571. The molecule has 6 nitrogen and oxygen atoms in total. The molecule has 0 aliphatic rings. The van der Waals surface area contributed by atoms with Crippen molar-refractivity contribution in [1.29, 1.82) is 0 Å². The van der Waals surface area contributed by atoms with Gasteiger partial charge in [-0.2, -0.15) is 0 Å². The van der Waals surface area contributed by atoms with Gasteiger partial charge in [-0.25, -0.2) is 14.8 Å². The number of aromatic nitrogens is 4. The Morgan fingerprint density at radius 1 is 0.686 bits per heavy atom. The van der Waals surface area contributed by atoms with Gasteiger partial charge in [-0.1, -0.05) is 60.7 Å². The number of nitrogens with zero attached hydrogens (tertiary/aromatic N) is 4. The molecule has 6 rings (SSSR count). The third-order valence-corrected chi connectivity index (χ3v) is 6.53. The van der Waals surface area contributed by atoms with Crippen LogP contribution in [-0.4, -0.2) is 30.2 Å². The molecule has 0 atom stereocenters. The molecule has 170 valence electrons. The van der Waals surface area contributed by atoms with E-state index in [1.54, 1.807) is 12.1 Å². The molecule has 0 unspecified atom stereocenters. The largest absolute Gasteiger partial charge is 0.478 e. The minimum Gasteiger partial charge on any atom is -0.478 e. The Balaban J connectivity index is 1.64. The highest BCUT2D eigenvalue weighted by Crippen LogP contribution is 2.37. The maximum Gasteiger partial charge on any atom is 0.337 e. The van der Waals surface area contributed by atoms with Gasteiger partial charge >= 0.3 is 5.97 Å². The third-order valence-electron chi connectivity index (χ3n) is 6.53. The summed E-state index contributed by atoms with van der Waals surface area (Å²) in [6.45, 7) is 0. The van der Waals surface area contributed by atoms with Gasteiger partial charge in [-0.15, -0.1) is 0 Å². The van der Waals surface area contributed by atoms with E-state index in [4.69, 9.17) is 9.97 Å². The number of carboxylic acid groups (broad SMARTS) is 1. The van der Waals surface area contributed by atoms with Crippen molar-refractivity contribution in [2.75, 3.05) is 0 Å². The van der Waals surface area contributed by atoms with Gasteiger partial charge in [-0.3, -0.25) is 0 Å². The Morgan fingerprint density at radius 2 is 1.40 bits per heavy atom. The highest BCUT2D eigenvalue weighted by Gasteiger charge is 2.20. The lowest BCUT2D eigenvalue weighted by Gasteiger charge is -2.13. The van der Waals surface area contributed by atoms with Crippen molar-refractivity contribution in [2.24, 2.45) is 14.1 Å². The number of hydrogen-bond acceptors (Lipinski definition) is 3. The van der Waals surface area contributed by atoms with E-state index in [2.05, 4.69) is 41.0 Å². The van der Waals surface area contributed by atoms with Gasteiger partial charge in [0.05, 0.1) is 22.1 Å². The number of hydrogen-bond donors (Lipinski definition) is 1. The van der Waals surface area contributed by atoms with Crippen LogP contribution < -0.4 is 0 Å². The van der Waals surface area contributed by atoms with Crippen molar-refractivity contribution in [1.82, 2.24) is 19.1 Å². The zero-order chi connectivity index (χ0) is 24.1. The Labute approximate surface area is 201 Å². The predicted octanol–water partition coefficient (Wildman–Crippen LogP) is 6.16. The zero-order valence-corrected chi connectivity index (χ0v) is 19.3. The second kappa shape index (κ2) is 7.95. The average molecular weight is 459 g/mol. The van der Waals surface area contributed by atoms with Gasteiger partial charge in [0.1, 0.15) is 17.2 Å². The second-order valence-corrected chi connectivity index (χ2v) is 8.58. The van der Waals surface area contributed by atoms with Crippen LogP contribution in [0.3, 0.4) is 0 Å². The standard InChI is InChI=1S/C29H22N4O2/c1-32-24-13-7-6-12-23(24)30-27(32)19-15-16-20(18-9-4-3-5-10-18)22(17-19)28-31-26-21(29(34)35)11-8-14-25(26)33(28)2/h3-17H,1-2H3,(H,34,35). The van der Waals surface area contributed by atoms with Gasteiger partial charge in [0.15, 0.2) is 0 Å². The molecule has 35 heavy (non-hydrogen) atoms. The second-order valence-electron chi connectivity index (χ2n) is 8.58. The van der Waals surface area contributed by atoms with E-state index in [0.717, 1.165) is 44.6 Å². The third kappa shape index (κ3) is 3.30. The number of carbonyl (C=O) groups is 1. The molecule has 0 fully saturated rings. The number of aromatic carboxylic acids is 1. The molecular formula is C29H22N4O2. The molecule has 0 radical (unpaired) electrons. The lowest BCUT2D eigenvalue weighted by molar-refractivity contribution is 0.0699. The van der Waals surface area contributed by atoms with Crippen LogP contribution in [0.1, 0.15) is 10.4 Å². The molecular weight excluding hydrogens is 436 g/mol. The summed E-state index contributed by atoms with van der Waals surface area (Å²) >= 11 is 0. The summed E-state index contributed by atoms with van der Waals surface area (Å²) in [6, 6.07) is 29.7. The molecule has 6 aromatic rings. The van der Waals surface area contributed by atoms with Gasteiger partial charge < -0.3 is 14.2 Å². The Bertz CT molecular complexity index is 1750. The number of aryl methyl sites for hydroxylation is 2. The summed E-state index contributed by atoms with van der Waals surface area (Å²) in [5.41, 5.74) is 7.39. The van der Waals surface area contributed by atoms with Gasteiger partial charge in [0, 0.05) is 25.2 Å². The van der Waals surface area contributed by atoms with Crippen LogP contribution in [0.2, 0.25) is 0 Å². The molecule has 0 amide bonds. The molecule has 0 bridgehead atoms. The molecule has 0 saturated heterocycles. The van der Waals surface area contributed by atoms with Crippen LogP contribution in [0.5, 0.6) is 0 Å². The molecule has 0 saturated carbocycles. The lowest BCUT2D eigenvalue weighted by Crippen LogP contribution is -1.97. The smallest absolute Gasteiger partial charge is 0.337 e.